The molecule has 0 heterocycles. The lowest BCUT2D eigenvalue weighted by atomic mass is 10.4. The summed E-state index contributed by atoms with van der Waals surface area (Å²) in [6.45, 7) is 3.33. The van der Waals surface area contributed by atoms with Crippen LogP contribution in [0.25, 0.3) is 10.4 Å². The van der Waals surface area contributed by atoms with Crippen molar-refractivity contribution in [1.29, 1.82) is 0 Å². The number of hydrogen-bond donors (Lipinski definition) is 1. The van der Waals surface area contributed by atoms with Crippen molar-refractivity contribution in [3.63, 3.8) is 0 Å². The molecule has 0 aromatic rings. The molecule has 9 nitrogen and oxygen atoms in total. The number of rotatable bonds is 13. The Morgan fingerprint density at radius 2 is 1.90 bits per heavy atom. The molecule has 0 aliphatic carbocycles. The summed E-state index contributed by atoms with van der Waals surface area (Å²) < 4.78 is 20.0. The van der Waals surface area contributed by atoms with Gasteiger partial charge in [-0.2, -0.15) is 0 Å². The summed E-state index contributed by atoms with van der Waals surface area (Å²) in [4.78, 5) is 13.4. The maximum atomic E-state index is 10.9. The molecule has 0 bridgehead atoms. The van der Waals surface area contributed by atoms with Gasteiger partial charge in [-0.1, -0.05) is 5.11 Å². The average Bonchev–Trinajstić information content (AvgIpc) is 2.43. The molecule has 9 heteroatoms. The molecule has 0 fully saturated rings. The second-order valence-electron chi connectivity index (χ2n) is 3.61. The van der Waals surface area contributed by atoms with Crippen molar-refractivity contribution in [2.45, 2.75) is 13.0 Å². The third-order valence-electron chi connectivity index (χ3n) is 1.94. The maximum absolute atomic E-state index is 10.9. The second-order valence-corrected chi connectivity index (χ2v) is 3.61. The van der Waals surface area contributed by atoms with Gasteiger partial charge in [-0.25, -0.2) is 4.79 Å². The zero-order valence-corrected chi connectivity index (χ0v) is 11.6. The molecule has 20 heavy (non-hydrogen) atoms. The fourth-order valence-corrected chi connectivity index (χ4v) is 1.10. The molecule has 0 rings (SSSR count). The Hall–Kier alpha value is -1.38. The lowest BCUT2D eigenvalue weighted by Crippen LogP contribution is -2.20. The highest BCUT2D eigenvalue weighted by atomic mass is 16.6. The van der Waals surface area contributed by atoms with Gasteiger partial charge in [0.2, 0.25) is 0 Å². The highest BCUT2D eigenvalue weighted by molar-refractivity contribution is 5.70. The monoisotopic (exact) mass is 291 g/mol. The topological polar surface area (TPSA) is 123 Å². The zero-order valence-electron chi connectivity index (χ0n) is 11.6. The number of hydrogen-bond acceptors (Lipinski definition) is 7. The number of ether oxygens (including phenoxy) is 4. The molecule has 0 saturated heterocycles. The van der Waals surface area contributed by atoms with Crippen molar-refractivity contribution in [1.82, 2.24) is 0 Å². The van der Waals surface area contributed by atoms with Gasteiger partial charge < -0.3 is 24.1 Å². The molecule has 1 N–H and O–H groups in total. The van der Waals surface area contributed by atoms with Crippen LogP contribution in [-0.4, -0.2) is 70.0 Å². The smallest absolute Gasteiger partial charge is 0.332 e. The summed E-state index contributed by atoms with van der Waals surface area (Å²) in [6.07, 6.45) is -0.807. The highest BCUT2D eigenvalue weighted by Gasteiger charge is 2.02. The lowest BCUT2D eigenvalue weighted by molar-refractivity contribution is -0.149. The predicted octanol–water partition coefficient (Wildman–Crippen LogP) is 0.271. The summed E-state index contributed by atoms with van der Waals surface area (Å²) in [5.41, 5.74) is 8.04. The minimum absolute atomic E-state index is 0.0148. The number of nitrogens with zero attached hydrogens (tertiary/aromatic N) is 3. The Labute approximate surface area is 117 Å². The predicted molar refractivity (Wildman–Crippen MR) is 69.1 cm³/mol. The molecule has 0 aromatic heterocycles. The highest BCUT2D eigenvalue weighted by Crippen LogP contribution is 1.88. The molecule has 0 saturated carbocycles. The van der Waals surface area contributed by atoms with Gasteiger partial charge in [0.15, 0.2) is 0 Å². The first-order valence-electron chi connectivity index (χ1n) is 6.28. The first kappa shape index (κ1) is 18.6. The Morgan fingerprint density at radius 1 is 1.25 bits per heavy atom. The Kier molecular flexibility index (Phi) is 13.1. The minimum atomic E-state index is -0.807. The molecular formula is C11H21N3O6. The van der Waals surface area contributed by atoms with Gasteiger partial charge in [0, 0.05) is 4.91 Å². The molecule has 0 aromatic carbocycles. The average molecular weight is 291 g/mol. The second kappa shape index (κ2) is 14.0. The van der Waals surface area contributed by atoms with Crippen LogP contribution in [0, 0.1) is 0 Å². The number of carbonyl (C=O) groups is 1. The largest absolute Gasteiger partial charge is 0.464 e. The van der Waals surface area contributed by atoms with Gasteiger partial charge in [0.1, 0.15) is 6.61 Å². The van der Waals surface area contributed by atoms with Gasteiger partial charge in [-0.15, -0.1) is 0 Å². The standard InChI is InChI=1S/C11H21N3O6/c1-2-20-11(16)9-19-6-4-17-3-5-18-8-10(15)7-13-14-12/h10,15H,2-9H2,1H3. The number of carbonyl (C=O) groups excluding carboxylic acids is 1. The third kappa shape index (κ3) is 13.1. The maximum Gasteiger partial charge on any atom is 0.332 e. The summed E-state index contributed by atoms with van der Waals surface area (Å²) in [7, 11) is 0. The minimum Gasteiger partial charge on any atom is -0.464 e. The van der Waals surface area contributed by atoms with Crippen LogP contribution in [0.4, 0.5) is 0 Å². The summed E-state index contributed by atoms with van der Waals surface area (Å²) in [5.74, 6) is -0.398. The number of aliphatic hydroxyl groups excluding tert-OH is 1. The Balaban J connectivity index is 3.20. The lowest BCUT2D eigenvalue weighted by Gasteiger charge is -2.09. The van der Waals surface area contributed by atoms with Gasteiger partial charge in [0.25, 0.3) is 0 Å². The molecule has 0 aliphatic heterocycles. The van der Waals surface area contributed by atoms with Crippen molar-refractivity contribution < 1.29 is 28.8 Å². The first-order chi connectivity index (χ1) is 9.70. The van der Waals surface area contributed by atoms with E-state index in [0.29, 0.717) is 33.0 Å². The van der Waals surface area contributed by atoms with Crippen LogP contribution in [0.5, 0.6) is 0 Å². The van der Waals surface area contributed by atoms with Crippen LogP contribution in [0.3, 0.4) is 0 Å². The molecule has 0 radical (unpaired) electrons. The van der Waals surface area contributed by atoms with Crippen LogP contribution in [0.2, 0.25) is 0 Å². The van der Waals surface area contributed by atoms with E-state index in [4.69, 9.17) is 19.7 Å². The zero-order chi connectivity index (χ0) is 15.1. The Morgan fingerprint density at radius 3 is 2.55 bits per heavy atom. The van der Waals surface area contributed by atoms with E-state index in [1.807, 2.05) is 0 Å². The Bertz CT molecular complexity index is 296. The molecule has 1 atom stereocenters. The van der Waals surface area contributed by atoms with Gasteiger partial charge in [-0.05, 0) is 12.5 Å². The van der Waals surface area contributed by atoms with Crippen molar-refractivity contribution in [3.8, 4) is 0 Å². The van der Waals surface area contributed by atoms with E-state index in [1.54, 1.807) is 6.92 Å². The van der Waals surface area contributed by atoms with E-state index >= 15 is 0 Å². The van der Waals surface area contributed by atoms with E-state index < -0.39 is 12.1 Å². The van der Waals surface area contributed by atoms with Crippen LogP contribution in [0.15, 0.2) is 5.11 Å². The van der Waals surface area contributed by atoms with Crippen LogP contribution >= 0.6 is 0 Å². The van der Waals surface area contributed by atoms with Crippen molar-refractivity contribution >= 4 is 5.97 Å². The number of esters is 1. The quantitative estimate of drug-likeness (QED) is 0.171. The SMILES string of the molecule is CCOC(=O)COCCOCCOCC(O)CN=[N+]=[N-]. The van der Waals surface area contributed by atoms with E-state index in [9.17, 15) is 9.90 Å². The van der Waals surface area contributed by atoms with Crippen LogP contribution in [-0.2, 0) is 23.7 Å². The summed E-state index contributed by atoms with van der Waals surface area (Å²) in [6, 6.07) is 0. The first-order valence-corrected chi connectivity index (χ1v) is 6.28. The molecular weight excluding hydrogens is 270 g/mol. The third-order valence-corrected chi connectivity index (χ3v) is 1.94. The summed E-state index contributed by atoms with van der Waals surface area (Å²) >= 11 is 0. The van der Waals surface area contributed by atoms with Gasteiger partial charge >= 0.3 is 5.97 Å². The molecule has 116 valence electrons. The molecule has 0 amide bonds. The fourth-order valence-electron chi connectivity index (χ4n) is 1.10. The van der Waals surface area contributed by atoms with E-state index in [-0.39, 0.29) is 19.8 Å². The van der Waals surface area contributed by atoms with E-state index in [1.165, 1.54) is 0 Å². The summed E-state index contributed by atoms with van der Waals surface area (Å²) in [5, 5.41) is 12.5. The normalized spacial score (nSPS) is 11.7. The van der Waals surface area contributed by atoms with Crippen LogP contribution in [0.1, 0.15) is 6.92 Å². The van der Waals surface area contributed by atoms with Gasteiger partial charge in [-0.3, -0.25) is 0 Å². The number of aliphatic hydroxyl groups is 1. The van der Waals surface area contributed by atoms with Gasteiger partial charge in [0.05, 0.1) is 52.3 Å². The molecule has 1 unspecified atom stereocenters. The fraction of sp³-hybridized carbons (Fsp3) is 0.909. The van der Waals surface area contributed by atoms with Crippen molar-refractivity contribution in [2.24, 2.45) is 5.11 Å². The van der Waals surface area contributed by atoms with Crippen molar-refractivity contribution in [3.05, 3.63) is 10.4 Å². The van der Waals surface area contributed by atoms with E-state index in [2.05, 4.69) is 14.8 Å². The molecule has 0 spiro atoms. The molecule has 0 aliphatic rings. The number of azide groups is 1. The van der Waals surface area contributed by atoms with E-state index in [0.717, 1.165) is 0 Å². The van der Waals surface area contributed by atoms with Crippen molar-refractivity contribution in [2.75, 3.05) is 52.8 Å². The van der Waals surface area contributed by atoms with Crippen LogP contribution < -0.4 is 0 Å².